The minimum Gasteiger partial charge on any atom is -0.505 e. The number of non-ortho nitro benzene ring substituents is 1. The van der Waals surface area contributed by atoms with Crippen LogP contribution in [0.3, 0.4) is 0 Å². The molecule has 0 unspecified atom stereocenters. The number of aromatic hydroxyl groups is 2. The summed E-state index contributed by atoms with van der Waals surface area (Å²) >= 11 is 6.22. The number of rotatable bonds is 18. The highest BCUT2D eigenvalue weighted by Crippen LogP contribution is 2.48. The monoisotopic (exact) mass is 1300 g/mol. The van der Waals surface area contributed by atoms with Crippen LogP contribution in [0, 0.1) is 17.0 Å². The molecule has 7 aromatic carbocycles. The van der Waals surface area contributed by atoms with Crippen molar-refractivity contribution in [3.63, 3.8) is 0 Å². The van der Waals surface area contributed by atoms with Gasteiger partial charge in [-0.1, -0.05) is 17.7 Å². The number of nitro benzene ring substituents is 1. The molecule has 1 heterocycles. The Balaban J connectivity index is 1.20. The Morgan fingerprint density at radius 1 is 0.640 bits per heavy atom. The number of aromatic amines is 1. The van der Waals surface area contributed by atoms with E-state index in [2.05, 4.69) is 46.0 Å². The topological polar surface area (TPSA) is 582 Å². The van der Waals surface area contributed by atoms with Crippen LogP contribution in [0.5, 0.6) is 17.4 Å². The number of aromatic carboxylic acids is 1. The van der Waals surface area contributed by atoms with E-state index in [1.807, 2.05) is 0 Å². The van der Waals surface area contributed by atoms with E-state index in [1.54, 1.807) is 0 Å². The number of carbonyl (C=O) groups excluding carboxylic acids is 1. The van der Waals surface area contributed by atoms with Gasteiger partial charge in [-0.2, -0.15) is 47.2 Å². The Hall–Kier alpha value is -9.95. The second kappa shape index (κ2) is 22.6. The zero-order chi connectivity index (χ0) is 63.5. The maximum absolute atomic E-state index is 13.6. The Kier molecular flexibility index (Phi) is 16.3. The van der Waals surface area contributed by atoms with Crippen molar-refractivity contribution in [1.82, 2.24) is 9.78 Å². The summed E-state index contributed by atoms with van der Waals surface area (Å²) in [5.41, 5.74) is -3.55. The van der Waals surface area contributed by atoms with E-state index < -0.39 is 198 Å². The fraction of sp³-hybridized carbons (Fsp3) is 0.0227. The molecule has 0 aliphatic heterocycles. The Morgan fingerprint density at radius 2 is 1.22 bits per heavy atom. The molecule has 8 aromatic rings. The number of hydrogen-bond acceptors (Lipinski definition) is 27. The molecule has 8 rings (SSSR count). The smallest absolute Gasteiger partial charge is 0.337 e. The zero-order valence-electron chi connectivity index (χ0n) is 41.7. The minimum absolute atomic E-state index is 0.0472. The Labute approximate surface area is 482 Å². The zero-order valence-corrected chi connectivity index (χ0v) is 46.6. The van der Waals surface area contributed by atoms with E-state index in [1.165, 1.54) is 6.92 Å². The van der Waals surface area contributed by atoms with Gasteiger partial charge in [-0.15, -0.1) is 35.8 Å². The summed E-state index contributed by atoms with van der Waals surface area (Å²) in [6.07, 6.45) is 0. The van der Waals surface area contributed by atoms with Crippen molar-refractivity contribution in [2.45, 2.75) is 31.4 Å². The molecule has 0 saturated heterocycles. The first-order valence-electron chi connectivity index (χ1n) is 22.3. The second-order valence-corrected chi connectivity index (χ2v) is 24.4. The van der Waals surface area contributed by atoms with E-state index in [0.717, 1.165) is 60.7 Å². The Morgan fingerprint density at radius 3 is 1.81 bits per heavy atom. The van der Waals surface area contributed by atoms with Gasteiger partial charge >= 0.3 is 11.5 Å². The first kappa shape index (κ1) is 62.1. The van der Waals surface area contributed by atoms with Gasteiger partial charge in [0.1, 0.15) is 53.7 Å². The molecule has 86 heavy (non-hydrogen) atoms. The summed E-state index contributed by atoms with van der Waals surface area (Å²) in [6, 6.07) is 10.6. The van der Waals surface area contributed by atoms with Crippen molar-refractivity contribution >= 4 is 153 Å². The maximum atomic E-state index is 13.6. The molecule has 0 aliphatic carbocycles. The highest BCUT2D eigenvalue weighted by Gasteiger charge is 2.30. The third-order valence-corrected chi connectivity index (χ3v) is 16.4. The number of carbonyl (C=O) groups is 2. The number of nitrogens with zero attached hydrogens (tertiary/aromatic N) is 10. The molecular formula is C44H29ClN12O24S5. The molecular weight excluding hydrogens is 1280 g/mol. The minimum atomic E-state index is -5.69. The van der Waals surface area contributed by atoms with Crippen molar-refractivity contribution in [1.29, 1.82) is 0 Å². The van der Waals surface area contributed by atoms with Crippen LogP contribution in [-0.4, -0.2) is 107 Å². The number of nitro groups is 1. The van der Waals surface area contributed by atoms with Gasteiger partial charge in [0, 0.05) is 28.3 Å². The van der Waals surface area contributed by atoms with Crippen molar-refractivity contribution in [2.24, 2.45) is 40.9 Å². The fourth-order valence-electron chi connectivity index (χ4n) is 7.97. The Bertz CT molecular complexity index is 5110. The number of carboxylic acid groups (broad SMARTS) is 1. The van der Waals surface area contributed by atoms with Crippen LogP contribution in [-0.2, 0) is 55.4 Å². The van der Waals surface area contributed by atoms with Crippen molar-refractivity contribution < 1.29 is 99.4 Å². The van der Waals surface area contributed by atoms with Crippen LogP contribution in [0.2, 0.25) is 5.02 Å². The van der Waals surface area contributed by atoms with Gasteiger partial charge < -0.3 is 25.8 Å². The first-order valence-corrected chi connectivity index (χ1v) is 29.9. The van der Waals surface area contributed by atoms with Crippen LogP contribution >= 0.6 is 11.6 Å². The molecule has 0 atom stereocenters. The summed E-state index contributed by atoms with van der Waals surface area (Å²) in [7, 11) is -26.9. The lowest BCUT2D eigenvalue weighted by Gasteiger charge is -2.13. The van der Waals surface area contributed by atoms with Crippen LogP contribution in [0.4, 0.5) is 56.9 Å². The summed E-state index contributed by atoms with van der Waals surface area (Å²) in [5, 5.41) is 72.1. The number of benzene rings is 7. The van der Waals surface area contributed by atoms with Crippen LogP contribution in [0.15, 0.2) is 155 Å². The number of fused-ring (bicyclic) bond motifs is 2. The quantitative estimate of drug-likeness (QED) is 0.00961. The number of ether oxygens (including phenoxy) is 1. The SMILES string of the molecule is Cc1cc(S(=O)(=O)O)cc(Cl)c1-n1[nH]c(OC=O)c(N=Nc2ccc(N=Nc3c(S(=O)(=O)O)cc4c(S(=O)(=O)O)c(N=Nc5cc(S(=O)(=O)O)c6ccc(N=Nc7cc([N+](=O)[O-])ccc7C(=O)O)c(O)c6c5N)ccc4c3O)cc2S(=O)(=O)O)c1=O. The summed E-state index contributed by atoms with van der Waals surface area (Å²) < 4.78 is 182. The van der Waals surface area contributed by atoms with Gasteiger partial charge in [-0.05, 0) is 79.2 Å². The van der Waals surface area contributed by atoms with Gasteiger partial charge in [0.2, 0.25) is 11.6 Å². The van der Waals surface area contributed by atoms with E-state index >= 15 is 0 Å². The number of anilines is 1. The van der Waals surface area contributed by atoms with Gasteiger partial charge in [0.25, 0.3) is 62.8 Å². The van der Waals surface area contributed by atoms with E-state index in [4.69, 9.17) is 22.1 Å². The highest BCUT2D eigenvalue weighted by atomic mass is 35.5. The lowest BCUT2D eigenvalue weighted by molar-refractivity contribution is -0.384. The fourth-order valence-corrected chi connectivity index (χ4v) is 11.8. The highest BCUT2D eigenvalue weighted by molar-refractivity contribution is 7.87. The number of halogens is 1. The normalized spacial score (nSPS) is 12.8. The van der Waals surface area contributed by atoms with Crippen LogP contribution in [0.25, 0.3) is 27.2 Å². The van der Waals surface area contributed by atoms with E-state index in [0.29, 0.717) is 28.9 Å². The molecule has 0 saturated carbocycles. The van der Waals surface area contributed by atoms with Gasteiger partial charge in [-0.3, -0.25) is 47.6 Å². The van der Waals surface area contributed by atoms with Crippen LogP contribution < -0.4 is 16.0 Å². The average Bonchev–Trinajstić information content (AvgIpc) is 1.32. The number of nitrogens with two attached hydrogens (primary N) is 1. The number of H-pyrrole nitrogens is 1. The lowest BCUT2D eigenvalue weighted by atomic mass is 10.1. The summed E-state index contributed by atoms with van der Waals surface area (Å²) in [4.78, 5) is 41.5. The number of azo groups is 4. The number of phenolic OH excluding ortho intramolecular Hbond substituents is 2. The molecule has 0 bridgehead atoms. The molecule has 446 valence electrons. The number of hydrogen-bond donors (Lipinski definition) is 10. The molecule has 11 N–H and O–H groups in total. The molecule has 0 amide bonds. The van der Waals surface area contributed by atoms with E-state index in [-0.39, 0.29) is 17.7 Å². The molecule has 0 aliphatic rings. The number of aromatic nitrogens is 2. The van der Waals surface area contributed by atoms with Crippen LogP contribution in [0.1, 0.15) is 15.9 Å². The van der Waals surface area contributed by atoms with Crippen molar-refractivity contribution in [3.8, 4) is 23.1 Å². The summed E-state index contributed by atoms with van der Waals surface area (Å²) in [5.74, 6) is -4.70. The number of phenols is 2. The van der Waals surface area contributed by atoms with E-state index in [9.17, 15) is 105 Å². The third-order valence-electron chi connectivity index (χ3n) is 11.7. The number of aryl methyl sites for hydroxylation is 1. The predicted molar refractivity (Wildman–Crippen MR) is 291 cm³/mol. The number of carboxylic acids is 1. The molecule has 0 spiro atoms. The maximum Gasteiger partial charge on any atom is 0.337 e. The van der Waals surface area contributed by atoms with Gasteiger partial charge in [0.15, 0.2) is 11.5 Å². The molecule has 42 heteroatoms. The summed E-state index contributed by atoms with van der Waals surface area (Å²) in [6.45, 7) is 1.09. The molecule has 36 nitrogen and oxygen atoms in total. The standard InChI is InChI=1S/C44H29ClN12O24S5/c1-17-10-20(82(66,67)68)13-25(45)38(17)56-43(61)37(42(55-56)81-16-58)54-48-26-7-2-18(11-32(26)84(72,73)74)47-53-36-33(85(75,76)77)14-24-21(39(36)59)5-9-28(41(24)86(78,79)80)50-52-30-15-31(83(69,70)71)23-6-8-27(40(60)34(23)35(30)46)49-51-29-12-19(57(64)65)3-4-22(29)44(62)63/h2-16,55,59-60H,46H2,1H3,(H,62,63)(H,66,67,68)(H,69,70,71)(H,72,73,74)(H,75,76,77)(H,78,79,80). The number of nitrogen functional groups attached to an aromatic ring is 1. The molecule has 0 radical (unpaired) electrons. The molecule has 0 fully saturated rings. The van der Waals surface area contributed by atoms with Crippen molar-refractivity contribution in [3.05, 3.63) is 122 Å². The first-order chi connectivity index (χ1) is 39.9. The van der Waals surface area contributed by atoms with Crippen molar-refractivity contribution in [2.75, 3.05) is 5.73 Å². The molecule has 1 aromatic heterocycles. The average molecular weight is 1310 g/mol. The lowest BCUT2D eigenvalue weighted by Crippen LogP contribution is -2.16. The predicted octanol–water partition coefficient (Wildman–Crippen LogP) is 8.46. The number of nitrogens with one attached hydrogen (secondary N) is 1. The third kappa shape index (κ3) is 12.3. The largest absolute Gasteiger partial charge is 0.505 e. The van der Waals surface area contributed by atoms with Gasteiger partial charge in [0.05, 0.1) is 42.9 Å². The van der Waals surface area contributed by atoms with Gasteiger partial charge in [-0.25, -0.2) is 9.48 Å². The second-order valence-electron chi connectivity index (χ2n) is 17.1.